The third kappa shape index (κ3) is 9.06. The van der Waals surface area contributed by atoms with E-state index in [-0.39, 0.29) is 18.0 Å². The maximum Gasteiger partial charge on any atom is 0.376 e. The van der Waals surface area contributed by atoms with Gasteiger partial charge in [-0.15, -0.1) is 20.4 Å². The summed E-state index contributed by atoms with van der Waals surface area (Å²) in [7, 11) is 0. The van der Waals surface area contributed by atoms with Crippen LogP contribution in [0.4, 0.5) is 0 Å². The Balaban J connectivity index is 0.000000158. The van der Waals surface area contributed by atoms with Crippen LogP contribution in [0.5, 0.6) is 23.3 Å². The fraction of sp³-hybridized carbons (Fsp3) is 0.364. The van der Waals surface area contributed by atoms with Crippen molar-refractivity contribution in [1.82, 2.24) is 49.3 Å². The minimum Gasteiger partial charge on any atom is -0.484 e. The van der Waals surface area contributed by atoms with Gasteiger partial charge in [-0.3, -0.25) is 14.6 Å². The van der Waals surface area contributed by atoms with Crippen molar-refractivity contribution < 1.29 is 33.3 Å². The third-order valence-electron chi connectivity index (χ3n) is 11.2. The molecule has 0 saturated heterocycles. The number of carbonyl (C=O) groups excluding carboxylic acids is 2. The molecule has 8 heterocycles. The highest BCUT2D eigenvalue weighted by molar-refractivity contribution is 5.89. The number of carbonyl (C=O) groups is 2. The van der Waals surface area contributed by atoms with Gasteiger partial charge in [-0.25, -0.2) is 14.8 Å². The smallest absolute Gasteiger partial charge is 0.376 e. The molecule has 0 bridgehead atoms. The Hall–Kier alpha value is -6.92. The van der Waals surface area contributed by atoms with Gasteiger partial charge >= 0.3 is 5.97 Å². The van der Waals surface area contributed by atoms with Crippen molar-refractivity contribution in [2.75, 3.05) is 46.0 Å². The summed E-state index contributed by atoms with van der Waals surface area (Å²) < 4.78 is 32.3. The molecule has 1 amide bonds. The van der Waals surface area contributed by atoms with Gasteiger partial charge in [0, 0.05) is 77.6 Å². The lowest BCUT2D eigenvalue weighted by Gasteiger charge is -2.26. The highest BCUT2D eigenvalue weighted by Crippen LogP contribution is 2.35. The number of amides is 1. The zero-order valence-electron chi connectivity index (χ0n) is 34.3. The molecule has 0 fully saturated rings. The molecule has 4 aromatic heterocycles. The lowest BCUT2D eigenvalue weighted by Crippen LogP contribution is -2.27. The summed E-state index contributed by atoms with van der Waals surface area (Å²) in [6.45, 7) is 9.29. The molecule has 4 aliphatic rings. The predicted octanol–water partition coefficient (Wildman–Crippen LogP) is 3.76. The molecule has 6 aromatic rings. The lowest BCUT2D eigenvalue weighted by atomic mass is 10.1. The van der Waals surface area contributed by atoms with Gasteiger partial charge in [0.15, 0.2) is 23.7 Å². The van der Waals surface area contributed by atoms with Crippen LogP contribution in [0.15, 0.2) is 85.2 Å². The first-order valence-electron chi connectivity index (χ1n) is 20.8. The zero-order valence-corrected chi connectivity index (χ0v) is 34.3. The van der Waals surface area contributed by atoms with Crippen molar-refractivity contribution in [2.24, 2.45) is 5.73 Å². The third-order valence-corrected chi connectivity index (χ3v) is 11.2. The standard InChI is InChI=1S/C23H25N5O4.C21H22N6O3/c1-2-30-23(29)21-26-25-20-9-11-27(12-13-28(20)21)14-16-5-7-17(8-6-16)19-15-31-18-4-3-10-24-22(18)32-19;22-19(28)20-25-24-18-7-9-26(10-11-27(18)20)12-14-3-5-15(6-4-14)17-13-29-16-2-1-8-23-21(16)30-17/h3-8,10,19H,2,9,11-15H2,1H3;1-6,8,17H,7,9-13H2,(H2,22,28)/t19-;17-/m11/s1. The molecule has 0 saturated carbocycles. The molecule has 2 atom stereocenters. The molecule has 18 heteroatoms. The molecule has 0 unspecified atom stereocenters. The second-order valence-corrected chi connectivity index (χ2v) is 15.3. The predicted molar refractivity (Wildman–Crippen MR) is 222 cm³/mol. The van der Waals surface area contributed by atoms with Gasteiger partial charge in [0.1, 0.15) is 24.9 Å². The van der Waals surface area contributed by atoms with E-state index in [2.05, 4.69) is 88.7 Å². The maximum absolute atomic E-state index is 12.1. The number of nitrogens with zero attached hydrogens (tertiary/aromatic N) is 10. The number of benzene rings is 2. The first kappa shape index (κ1) is 40.5. The Morgan fingerprint density at radius 3 is 1.61 bits per heavy atom. The maximum atomic E-state index is 12.1. The summed E-state index contributed by atoms with van der Waals surface area (Å²) in [6, 6.07) is 24.2. The summed E-state index contributed by atoms with van der Waals surface area (Å²) in [5, 5.41) is 16.2. The fourth-order valence-electron chi connectivity index (χ4n) is 7.92. The van der Waals surface area contributed by atoms with Crippen LogP contribution in [0.2, 0.25) is 0 Å². The molecular weight excluding hydrogens is 795 g/mol. The average Bonchev–Trinajstić information content (AvgIpc) is 3.79. The van der Waals surface area contributed by atoms with E-state index in [1.807, 2.05) is 33.4 Å². The Kier molecular flexibility index (Phi) is 12.0. The van der Waals surface area contributed by atoms with Crippen LogP contribution < -0.4 is 24.7 Å². The number of ether oxygens (including phenoxy) is 5. The molecule has 10 rings (SSSR count). The molecule has 0 aliphatic carbocycles. The molecule has 0 spiro atoms. The minimum atomic E-state index is -0.537. The first-order valence-corrected chi connectivity index (χ1v) is 20.8. The Morgan fingerprint density at radius 1 is 0.645 bits per heavy atom. The van der Waals surface area contributed by atoms with Gasteiger partial charge < -0.3 is 38.6 Å². The number of rotatable bonds is 9. The van der Waals surface area contributed by atoms with E-state index in [1.165, 1.54) is 11.1 Å². The molecule has 62 heavy (non-hydrogen) atoms. The molecular formula is C44H47N11O7. The fourth-order valence-corrected chi connectivity index (χ4v) is 7.92. The second-order valence-electron chi connectivity index (χ2n) is 15.3. The SMILES string of the molecule is CCOC(=O)c1nnc2n1CCN(Cc1ccc([C@H]3COc4cccnc4O3)cc1)CC2.NC(=O)c1nnc2n1CCN(Cc1ccc([C@H]3COc4cccnc4O3)cc1)CC2. The summed E-state index contributed by atoms with van der Waals surface area (Å²) in [5.41, 5.74) is 9.94. The van der Waals surface area contributed by atoms with Crippen molar-refractivity contribution in [1.29, 1.82) is 0 Å². The normalized spacial score (nSPS) is 18.2. The molecule has 4 aliphatic heterocycles. The number of hydrogen-bond acceptors (Lipinski definition) is 15. The number of hydrogen-bond donors (Lipinski definition) is 1. The van der Waals surface area contributed by atoms with Crippen molar-refractivity contribution in [3.05, 3.63) is 131 Å². The summed E-state index contributed by atoms with van der Waals surface area (Å²) in [5.74, 6) is 3.65. The first-order chi connectivity index (χ1) is 30.4. The van der Waals surface area contributed by atoms with E-state index in [1.54, 1.807) is 19.3 Å². The zero-order chi connectivity index (χ0) is 42.4. The van der Waals surface area contributed by atoms with Gasteiger partial charge in [0.05, 0.1) is 6.61 Å². The van der Waals surface area contributed by atoms with Crippen molar-refractivity contribution in [3.8, 4) is 23.3 Å². The molecule has 18 nitrogen and oxygen atoms in total. The lowest BCUT2D eigenvalue weighted by molar-refractivity contribution is 0.0504. The van der Waals surface area contributed by atoms with E-state index in [0.29, 0.717) is 62.0 Å². The van der Waals surface area contributed by atoms with Crippen molar-refractivity contribution in [3.63, 3.8) is 0 Å². The van der Waals surface area contributed by atoms with E-state index < -0.39 is 11.9 Å². The second kappa shape index (κ2) is 18.4. The Morgan fingerprint density at radius 2 is 1.13 bits per heavy atom. The van der Waals surface area contributed by atoms with Crippen LogP contribution in [0.25, 0.3) is 0 Å². The molecule has 2 aromatic carbocycles. The molecule has 0 radical (unpaired) electrons. The van der Waals surface area contributed by atoms with E-state index in [0.717, 1.165) is 74.9 Å². The van der Waals surface area contributed by atoms with Gasteiger partial charge in [0.2, 0.25) is 11.6 Å². The number of aromatic nitrogens is 8. The topological polar surface area (TPSA) is 200 Å². The van der Waals surface area contributed by atoms with Crippen molar-refractivity contribution in [2.45, 2.75) is 58.2 Å². The van der Waals surface area contributed by atoms with Crippen molar-refractivity contribution >= 4 is 11.9 Å². The van der Waals surface area contributed by atoms with Crippen LogP contribution in [0.3, 0.4) is 0 Å². The quantitative estimate of drug-likeness (QED) is 0.206. The van der Waals surface area contributed by atoms with Crippen LogP contribution in [0.1, 0.15) is 74.3 Å². The number of fused-ring (bicyclic) bond motifs is 4. The van der Waals surface area contributed by atoms with E-state index in [9.17, 15) is 9.59 Å². The van der Waals surface area contributed by atoms with Crippen LogP contribution in [-0.2, 0) is 43.8 Å². The van der Waals surface area contributed by atoms with E-state index in [4.69, 9.17) is 29.4 Å². The molecule has 2 N–H and O–H groups in total. The van der Waals surface area contributed by atoms with Gasteiger partial charge in [0.25, 0.3) is 17.7 Å². The average molecular weight is 842 g/mol. The number of primary amides is 1. The Labute approximate surface area is 357 Å². The van der Waals surface area contributed by atoms with E-state index >= 15 is 0 Å². The van der Waals surface area contributed by atoms with Crippen LogP contribution in [-0.4, -0.2) is 107 Å². The highest BCUT2D eigenvalue weighted by Gasteiger charge is 2.27. The monoisotopic (exact) mass is 841 g/mol. The number of nitrogens with two attached hydrogens (primary N) is 1. The summed E-state index contributed by atoms with van der Waals surface area (Å²) in [4.78, 5) is 36.8. The largest absolute Gasteiger partial charge is 0.484 e. The minimum absolute atomic E-state index is 0.170. The number of pyridine rings is 2. The Bertz CT molecular complexity index is 2510. The summed E-state index contributed by atoms with van der Waals surface area (Å²) in [6.07, 6.45) is 4.53. The summed E-state index contributed by atoms with van der Waals surface area (Å²) >= 11 is 0. The van der Waals surface area contributed by atoms with Gasteiger partial charge in [-0.2, -0.15) is 0 Å². The highest BCUT2D eigenvalue weighted by atomic mass is 16.6. The molecule has 320 valence electrons. The van der Waals surface area contributed by atoms with Gasteiger partial charge in [-0.05, 0) is 53.4 Å². The number of esters is 1. The van der Waals surface area contributed by atoms with Crippen LogP contribution >= 0.6 is 0 Å². The van der Waals surface area contributed by atoms with Crippen LogP contribution in [0, 0.1) is 0 Å². The van der Waals surface area contributed by atoms with Gasteiger partial charge in [-0.1, -0.05) is 48.5 Å².